The van der Waals surface area contributed by atoms with E-state index in [2.05, 4.69) is 0 Å². The van der Waals surface area contributed by atoms with Gasteiger partial charge in [-0.3, -0.25) is 4.79 Å². The average Bonchev–Trinajstić information content (AvgIpc) is 2.94. The molecule has 0 N–H and O–H groups in total. The van der Waals surface area contributed by atoms with E-state index < -0.39 is 12.7 Å². The summed E-state index contributed by atoms with van der Waals surface area (Å²) in [5.74, 6) is 0.0701. The summed E-state index contributed by atoms with van der Waals surface area (Å²) in [6, 6.07) is 7.84. The molecule has 7 nitrogen and oxygen atoms in total. The van der Waals surface area contributed by atoms with Crippen molar-refractivity contribution in [3.05, 3.63) is 29.8 Å². The van der Waals surface area contributed by atoms with Gasteiger partial charge in [-0.15, -0.1) is 0 Å². The number of benzene rings is 1. The molecule has 0 bridgehead atoms. The lowest BCUT2D eigenvalue weighted by molar-refractivity contribution is -0.132. The Morgan fingerprint density at radius 1 is 1.12 bits per heavy atom. The zero-order valence-corrected chi connectivity index (χ0v) is 21.4. The van der Waals surface area contributed by atoms with Gasteiger partial charge in [0.15, 0.2) is 0 Å². The number of hydrogen-bond donors (Lipinski definition) is 0. The van der Waals surface area contributed by atoms with Crippen LogP contribution in [0.2, 0.25) is 0 Å². The van der Waals surface area contributed by atoms with Gasteiger partial charge >= 0.3 is 13.2 Å². The van der Waals surface area contributed by atoms with E-state index in [1.54, 1.807) is 11.9 Å². The van der Waals surface area contributed by atoms with Gasteiger partial charge in [0, 0.05) is 20.1 Å². The first-order chi connectivity index (χ1) is 15.2. The topological polar surface area (TPSA) is 68.3 Å². The molecule has 2 saturated heterocycles. The monoisotopic (exact) mass is 458 g/mol. The Kier molecular flexibility index (Phi) is 7.20. The van der Waals surface area contributed by atoms with Crippen LogP contribution in [0.25, 0.3) is 0 Å². The van der Waals surface area contributed by atoms with Crippen LogP contribution in [-0.2, 0) is 25.3 Å². The molecule has 0 saturated carbocycles. The molecule has 182 valence electrons. The van der Waals surface area contributed by atoms with Gasteiger partial charge in [-0.2, -0.15) is 0 Å². The van der Waals surface area contributed by atoms with E-state index in [-0.39, 0.29) is 29.2 Å². The zero-order chi connectivity index (χ0) is 24.6. The number of hydrogen-bond acceptors (Lipinski definition) is 5. The molecular formula is C25H39BN2O5. The Labute approximate surface area is 198 Å². The first kappa shape index (κ1) is 25.6. The number of amides is 2. The third kappa shape index (κ3) is 6.09. The standard InChI is InChI=1S/C25H39BN2O5/c1-23(2,3)31-22(30)27(8)20-10-9-15-28(17-20)21(29)16-18-11-13-19(14-12-18)26-32-24(4,5)25(6,7)33-26/h11-14,20H,9-10,15-17H2,1-8H3/t20-/m1/s1. The number of likely N-dealkylation sites (N-methyl/N-ethyl adjacent to an activating group) is 1. The Bertz CT molecular complexity index is 847. The molecule has 3 rings (SSSR count). The average molecular weight is 458 g/mol. The van der Waals surface area contributed by atoms with Gasteiger partial charge in [0.1, 0.15) is 5.60 Å². The van der Waals surface area contributed by atoms with Gasteiger partial charge in [0.2, 0.25) is 5.91 Å². The molecule has 2 aliphatic heterocycles. The van der Waals surface area contributed by atoms with Crippen LogP contribution in [0, 0.1) is 0 Å². The molecule has 2 heterocycles. The van der Waals surface area contributed by atoms with Crippen molar-refractivity contribution in [1.82, 2.24) is 9.80 Å². The zero-order valence-electron chi connectivity index (χ0n) is 21.4. The number of piperidine rings is 1. The van der Waals surface area contributed by atoms with E-state index in [4.69, 9.17) is 14.0 Å². The molecular weight excluding hydrogens is 419 g/mol. The minimum absolute atomic E-state index is 0.0386. The van der Waals surface area contributed by atoms with Gasteiger partial charge in [-0.05, 0) is 72.3 Å². The predicted molar refractivity (Wildman–Crippen MR) is 129 cm³/mol. The molecule has 8 heteroatoms. The van der Waals surface area contributed by atoms with E-state index in [1.807, 2.05) is 77.6 Å². The van der Waals surface area contributed by atoms with Gasteiger partial charge in [-0.1, -0.05) is 24.3 Å². The van der Waals surface area contributed by atoms with Gasteiger partial charge in [-0.25, -0.2) is 4.79 Å². The summed E-state index contributed by atoms with van der Waals surface area (Å²) >= 11 is 0. The predicted octanol–water partition coefficient (Wildman–Crippen LogP) is 3.39. The number of rotatable bonds is 4. The highest BCUT2D eigenvalue weighted by Crippen LogP contribution is 2.36. The van der Waals surface area contributed by atoms with Gasteiger partial charge in [0.05, 0.1) is 23.7 Å². The first-order valence-corrected chi connectivity index (χ1v) is 11.9. The minimum atomic E-state index is -0.540. The van der Waals surface area contributed by atoms with E-state index in [0.717, 1.165) is 23.9 Å². The number of carbonyl (C=O) groups excluding carboxylic acids is 2. The van der Waals surface area contributed by atoms with Gasteiger partial charge in [0.25, 0.3) is 0 Å². The number of nitrogens with zero attached hydrogens (tertiary/aromatic N) is 2. The minimum Gasteiger partial charge on any atom is -0.444 e. The largest absolute Gasteiger partial charge is 0.494 e. The van der Waals surface area contributed by atoms with E-state index in [1.165, 1.54) is 0 Å². The molecule has 0 unspecified atom stereocenters. The van der Waals surface area contributed by atoms with Crippen LogP contribution >= 0.6 is 0 Å². The summed E-state index contributed by atoms with van der Waals surface area (Å²) in [5.41, 5.74) is 0.583. The smallest absolute Gasteiger partial charge is 0.444 e. The highest BCUT2D eigenvalue weighted by Gasteiger charge is 2.51. The molecule has 1 aromatic rings. The molecule has 33 heavy (non-hydrogen) atoms. The summed E-state index contributed by atoms with van der Waals surface area (Å²) in [4.78, 5) is 28.9. The second-order valence-corrected chi connectivity index (χ2v) is 11.2. The fourth-order valence-electron chi connectivity index (χ4n) is 4.04. The van der Waals surface area contributed by atoms with Crippen LogP contribution in [0.3, 0.4) is 0 Å². The lowest BCUT2D eigenvalue weighted by Crippen LogP contribution is -2.51. The fraction of sp³-hybridized carbons (Fsp3) is 0.680. The van der Waals surface area contributed by atoms with Gasteiger partial charge < -0.3 is 23.8 Å². The Morgan fingerprint density at radius 2 is 1.70 bits per heavy atom. The molecule has 0 aromatic heterocycles. The van der Waals surface area contributed by atoms with E-state index in [0.29, 0.717) is 19.5 Å². The Hall–Kier alpha value is -2.06. The lowest BCUT2D eigenvalue weighted by Gasteiger charge is -2.38. The maximum Gasteiger partial charge on any atom is 0.494 e. The fourth-order valence-corrected chi connectivity index (χ4v) is 4.04. The second kappa shape index (κ2) is 9.30. The highest BCUT2D eigenvalue weighted by atomic mass is 16.7. The maximum atomic E-state index is 13.0. The molecule has 0 spiro atoms. The third-order valence-corrected chi connectivity index (χ3v) is 6.84. The van der Waals surface area contributed by atoms with Crippen LogP contribution in [0.1, 0.15) is 66.9 Å². The van der Waals surface area contributed by atoms with Crippen LogP contribution in [0.4, 0.5) is 4.79 Å². The van der Waals surface area contributed by atoms with Crippen LogP contribution in [-0.4, -0.2) is 71.9 Å². The lowest BCUT2D eigenvalue weighted by atomic mass is 9.79. The van der Waals surface area contributed by atoms with Crippen molar-refractivity contribution >= 4 is 24.6 Å². The summed E-state index contributed by atoms with van der Waals surface area (Å²) < 4.78 is 17.7. The van der Waals surface area contributed by atoms with Crippen molar-refractivity contribution in [2.75, 3.05) is 20.1 Å². The normalized spacial score (nSPS) is 22.2. The second-order valence-electron chi connectivity index (χ2n) is 11.2. The SMILES string of the molecule is CN(C(=O)OC(C)(C)C)[C@@H]1CCCN(C(=O)Cc2ccc(B3OC(C)(C)C(C)(C)O3)cc2)C1. The highest BCUT2D eigenvalue weighted by molar-refractivity contribution is 6.62. The van der Waals surface area contributed by atoms with Crippen molar-refractivity contribution in [2.24, 2.45) is 0 Å². The third-order valence-electron chi connectivity index (χ3n) is 6.84. The Balaban J connectivity index is 1.57. The molecule has 1 atom stereocenters. The summed E-state index contributed by atoms with van der Waals surface area (Å²) in [6.45, 7) is 14.9. The Morgan fingerprint density at radius 3 is 2.24 bits per heavy atom. The number of carbonyl (C=O) groups is 2. The molecule has 2 fully saturated rings. The molecule has 2 aliphatic rings. The van der Waals surface area contributed by atoms with Crippen molar-refractivity contribution in [1.29, 1.82) is 0 Å². The molecule has 1 aromatic carbocycles. The summed E-state index contributed by atoms with van der Waals surface area (Å²) in [7, 11) is 1.34. The van der Waals surface area contributed by atoms with Crippen LogP contribution in [0.15, 0.2) is 24.3 Å². The van der Waals surface area contributed by atoms with Crippen LogP contribution in [0.5, 0.6) is 0 Å². The van der Waals surface area contributed by atoms with Crippen molar-refractivity contribution in [2.45, 2.75) is 90.6 Å². The van der Waals surface area contributed by atoms with Crippen molar-refractivity contribution in [3.8, 4) is 0 Å². The summed E-state index contributed by atoms with van der Waals surface area (Å²) in [5, 5.41) is 0. The van der Waals surface area contributed by atoms with Crippen molar-refractivity contribution < 1.29 is 23.6 Å². The van der Waals surface area contributed by atoms with Crippen molar-refractivity contribution in [3.63, 3.8) is 0 Å². The number of likely N-dealkylation sites (tertiary alicyclic amines) is 1. The van der Waals surface area contributed by atoms with Crippen LogP contribution < -0.4 is 5.46 Å². The molecule has 0 radical (unpaired) electrons. The quantitative estimate of drug-likeness (QED) is 0.648. The summed E-state index contributed by atoms with van der Waals surface area (Å²) in [6.07, 6.45) is 1.71. The number of ether oxygens (including phenoxy) is 1. The van der Waals surface area contributed by atoms with E-state index >= 15 is 0 Å². The maximum absolute atomic E-state index is 13.0. The first-order valence-electron chi connectivity index (χ1n) is 11.9. The van der Waals surface area contributed by atoms with E-state index in [9.17, 15) is 9.59 Å². The molecule has 2 amide bonds. The molecule has 0 aliphatic carbocycles.